The van der Waals surface area contributed by atoms with Gasteiger partial charge in [0.05, 0.1) is 6.26 Å². The van der Waals surface area contributed by atoms with Gasteiger partial charge in [0.15, 0.2) is 5.82 Å². The van der Waals surface area contributed by atoms with Crippen molar-refractivity contribution in [2.75, 3.05) is 18.1 Å². The van der Waals surface area contributed by atoms with Gasteiger partial charge in [-0.2, -0.15) is 9.36 Å². The van der Waals surface area contributed by atoms with Crippen LogP contribution < -0.4 is 10.0 Å². The number of rotatable bonds is 6. The fourth-order valence-electron chi connectivity index (χ4n) is 2.94. The van der Waals surface area contributed by atoms with Gasteiger partial charge >= 0.3 is 0 Å². The van der Waals surface area contributed by atoms with E-state index < -0.39 is 10.0 Å². The number of hydrogen-bond donors (Lipinski definition) is 2. The summed E-state index contributed by atoms with van der Waals surface area (Å²) >= 11 is 1.39. The zero-order chi connectivity index (χ0) is 17.0. The van der Waals surface area contributed by atoms with E-state index in [4.69, 9.17) is 0 Å². The maximum absolute atomic E-state index is 11.2. The van der Waals surface area contributed by atoms with Gasteiger partial charge in [-0.3, -0.25) is 0 Å². The van der Waals surface area contributed by atoms with Crippen molar-refractivity contribution in [1.82, 2.24) is 14.1 Å². The van der Waals surface area contributed by atoms with Gasteiger partial charge in [-0.1, -0.05) is 30.3 Å². The number of hydrogen-bond acceptors (Lipinski definition) is 6. The fourth-order valence-corrected chi connectivity index (χ4v) is 4.15. The van der Waals surface area contributed by atoms with E-state index in [1.807, 2.05) is 30.3 Å². The summed E-state index contributed by atoms with van der Waals surface area (Å²) in [5, 5.41) is 4.32. The van der Waals surface area contributed by atoms with Crippen LogP contribution in [0.2, 0.25) is 0 Å². The Hall–Kier alpha value is -1.51. The molecule has 130 valence electrons. The Morgan fingerprint density at radius 3 is 2.54 bits per heavy atom. The van der Waals surface area contributed by atoms with Gasteiger partial charge < -0.3 is 5.32 Å². The van der Waals surface area contributed by atoms with Gasteiger partial charge in [0.25, 0.3) is 0 Å². The summed E-state index contributed by atoms with van der Waals surface area (Å²) in [6, 6.07) is 10.3. The second kappa shape index (κ2) is 7.58. The Bertz CT molecular complexity index is 753. The van der Waals surface area contributed by atoms with Crippen LogP contribution in [-0.2, 0) is 10.0 Å². The minimum absolute atomic E-state index is 0.385. The van der Waals surface area contributed by atoms with Crippen LogP contribution in [0.5, 0.6) is 0 Å². The lowest BCUT2D eigenvalue weighted by atomic mass is 9.86. The molecule has 2 aromatic rings. The SMILES string of the molecule is CS(=O)(=O)NC[C@H]1CC[C@H](Nc2nc(-c3ccccc3)ns2)CC1. The molecule has 1 aliphatic carbocycles. The van der Waals surface area contributed by atoms with Gasteiger partial charge in [0, 0.05) is 29.7 Å². The van der Waals surface area contributed by atoms with Crippen LogP contribution in [0, 0.1) is 5.92 Å². The molecule has 2 N–H and O–H groups in total. The molecule has 1 aromatic carbocycles. The first kappa shape index (κ1) is 17.3. The van der Waals surface area contributed by atoms with Crippen LogP contribution in [0.3, 0.4) is 0 Å². The maximum Gasteiger partial charge on any atom is 0.208 e. The van der Waals surface area contributed by atoms with Crippen molar-refractivity contribution >= 4 is 26.7 Å². The molecule has 1 saturated carbocycles. The Kier molecular flexibility index (Phi) is 5.47. The highest BCUT2D eigenvalue weighted by Crippen LogP contribution is 2.28. The Morgan fingerprint density at radius 2 is 1.88 bits per heavy atom. The highest BCUT2D eigenvalue weighted by Gasteiger charge is 2.22. The second-order valence-corrected chi connectivity index (χ2v) is 8.86. The molecule has 0 aliphatic heterocycles. The first-order chi connectivity index (χ1) is 11.5. The molecule has 0 spiro atoms. The molecule has 0 saturated heterocycles. The first-order valence-corrected chi connectivity index (χ1v) is 10.8. The van der Waals surface area contributed by atoms with Crippen LogP contribution in [0.4, 0.5) is 5.13 Å². The van der Waals surface area contributed by atoms with E-state index in [1.54, 1.807) is 0 Å². The van der Waals surface area contributed by atoms with Crippen LogP contribution in [0.1, 0.15) is 25.7 Å². The number of aromatic nitrogens is 2. The Morgan fingerprint density at radius 1 is 1.17 bits per heavy atom. The molecule has 1 fully saturated rings. The van der Waals surface area contributed by atoms with Crippen LogP contribution >= 0.6 is 11.5 Å². The first-order valence-electron chi connectivity index (χ1n) is 8.10. The molecule has 8 heteroatoms. The van der Waals surface area contributed by atoms with Crippen molar-refractivity contribution in [3.8, 4) is 11.4 Å². The Balaban J connectivity index is 1.49. The number of nitrogens with zero attached hydrogens (tertiary/aromatic N) is 2. The molecule has 1 aliphatic rings. The van der Waals surface area contributed by atoms with Gasteiger partial charge in [0.1, 0.15) is 0 Å². The van der Waals surface area contributed by atoms with Gasteiger partial charge in [-0.15, -0.1) is 0 Å². The van der Waals surface area contributed by atoms with Crippen molar-refractivity contribution in [2.24, 2.45) is 5.92 Å². The van der Waals surface area contributed by atoms with Crippen molar-refractivity contribution < 1.29 is 8.42 Å². The topological polar surface area (TPSA) is 84.0 Å². The second-order valence-electron chi connectivity index (χ2n) is 6.27. The predicted molar refractivity (Wildman–Crippen MR) is 97.6 cm³/mol. The lowest BCUT2D eigenvalue weighted by Crippen LogP contribution is -2.33. The van der Waals surface area contributed by atoms with E-state index in [-0.39, 0.29) is 0 Å². The normalized spacial score (nSPS) is 21.5. The van der Waals surface area contributed by atoms with E-state index >= 15 is 0 Å². The average molecular weight is 367 g/mol. The van der Waals surface area contributed by atoms with Crippen molar-refractivity contribution in [3.63, 3.8) is 0 Å². The fraction of sp³-hybridized carbons (Fsp3) is 0.500. The zero-order valence-electron chi connectivity index (χ0n) is 13.6. The highest BCUT2D eigenvalue weighted by molar-refractivity contribution is 7.88. The molecule has 0 bridgehead atoms. The highest BCUT2D eigenvalue weighted by atomic mass is 32.2. The van der Waals surface area contributed by atoms with Crippen molar-refractivity contribution in [1.29, 1.82) is 0 Å². The zero-order valence-corrected chi connectivity index (χ0v) is 15.2. The average Bonchev–Trinajstić information content (AvgIpc) is 3.03. The van der Waals surface area contributed by atoms with Crippen LogP contribution in [-0.4, -0.2) is 36.6 Å². The third-order valence-electron chi connectivity index (χ3n) is 4.27. The molecule has 1 aromatic heterocycles. The summed E-state index contributed by atoms with van der Waals surface area (Å²) in [7, 11) is -3.09. The molecule has 0 unspecified atom stereocenters. The van der Waals surface area contributed by atoms with Crippen molar-refractivity contribution in [3.05, 3.63) is 30.3 Å². The third-order valence-corrected chi connectivity index (χ3v) is 5.60. The smallest absolute Gasteiger partial charge is 0.208 e. The van der Waals surface area contributed by atoms with E-state index in [0.717, 1.165) is 42.2 Å². The van der Waals surface area contributed by atoms with E-state index in [2.05, 4.69) is 19.4 Å². The summed E-state index contributed by atoms with van der Waals surface area (Å²) in [5.41, 5.74) is 1.03. The van der Waals surface area contributed by atoms with E-state index in [0.29, 0.717) is 18.5 Å². The molecule has 0 radical (unpaired) electrons. The minimum atomic E-state index is -3.09. The number of sulfonamides is 1. The number of anilines is 1. The monoisotopic (exact) mass is 366 g/mol. The summed E-state index contributed by atoms with van der Waals surface area (Å²) < 4.78 is 29.3. The molecule has 0 amide bonds. The van der Waals surface area contributed by atoms with Crippen LogP contribution in [0.25, 0.3) is 11.4 Å². The number of nitrogens with one attached hydrogen (secondary N) is 2. The minimum Gasteiger partial charge on any atom is -0.358 e. The Labute approximate surface area is 146 Å². The molecule has 3 rings (SSSR count). The molecule has 0 atom stereocenters. The molecule has 24 heavy (non-hydrogen) atoms. The third kappa shape index (κ3) is 4.99. The molecule has 1 heterocycles. The van der Waals surface area contributed by atoms with Crippen LogP contribution in [0.15, 0.2) is 30.3 Å². The van der Waals surface area contributed by atoms with E-state index in [1.165, 1.54) is 17.8 Å². The predicted octanol–water partition coefficient (Wildman–Crippen LogP) is 2.73. The summed E-state index contributed by atoms with van der Waals surface area (Å²) in [5.74, 6) is 1.18. The molecular weight excluding hydrogens is 344 g/mol. The quantitative estimate of drug-likeness (QED) is 0.821. The summed E-state index contributed by atoms with van der Waals surface area (Å²) in [6.45, 7) is 0.544. The van der Waals surface area contributed by atoms with E-state index in [9.17, 15) is 8.42 Å². The van der Waals surface area contributed by atoms with Gasteiger partial charge in [-0.25, -0.2) is 13.1 Å². The number of benzene rings is 1. The standard InChI is InChI=1S/C16H22N4O2S2/c1-24(21,22)17-11-12-7-9-14(10-8-12)18-16-19-15(20-23-16)13-5-3-2-4-6-13/h2-6,12,14,17H,7-11H2,1H3,(H,18,19,20)/t12-,14-. The lowest BCUT2D eigenvalue weighted by Gasteiger charge is -2.28. The molecule has 6 nitrogen and oxygen atoms in total. The largest absolute Gasteiger partial charge is 0.358 e. The van der Waals surface area contributed by atoms with Gasteiger partial charge in [-0.05, 0) is 31.6 Å². The maximum atomic E-state index is 11.2. The summed E-state index contributed by atoms with van der Waals surface area (Å²) in [6.07, 6.45) is 5.29. The van der Waals surface area contributed by atoms with Crippen molar-refractivity contribution in [2.45, 2.75) is 31.7 Å². The van der Waals surface area contributed by atoms with Gasteiger partial charge in [0.2, 0.25) is 15.2 Å². The molecular formula is C16H22N4O2S2. The lowest BCUT2D eigenvalue weighted by molar-refractivity contribution is 0.337. The summed E-state index contributed by atoms with van der Waals surface area (Å²) in [4.78, 5) is 4.57.